The average molecular weight is 216 g/mol. The lowest BCUT2D eigenvalue weighted by molar-refractivity contribution is 0.199. The lowest BCUT2D eigenvalue weighted by Crippen LogP contribution is -2.19. The molecular weight excluding hydrogens is 200 g/mol. The van der Waals surface area contributed by atoms with Crippen molar-refractivity contribution in [3.05, 3.63) is 42.0 Å². The predicted octanol–water partition coefficient (Wildman–Crippen LogP) is 2.23. The fourth-order valence-electron chi connectivity index (χ4n) is 1.59. The van der Waals surface area contributed by atoms with E-state index in [9.17, 15) is 5.11 Å². The third-order valence-corrected chi connectivity index (χ3v) is 2.42. The monoisotopic (exact) mass is 216 g/mol. The minimum absolute atomic E-state index is 0.546. The first-order valence-electron chi connectivity index (χ1n) is 5.14. The number of nitriles is 1. The Morgan fingerprint density at radius 3 is 2.81 bits per heavy atom. The summed E-state index contributed by atoms with van der Waals surface area (Å²) in [4.78, 5) is 1.95. The molecular formula is C13H16N2O. The van der Waals surface area contributed by atoms with Gasteiger partial charge in [-0.05, 0) is 19.1 Å². The fraction of sp³-hybridized carbons (Fsp3) is 0.308. The van der Waals surface area contributed by atoms with E-state index in [1.807, 2.05) is 11.9 Å². The molecule has 1 rings (SSSR count). The molecule has 0 aliphatic rings. The van der Waals surface area contributed by atoms with Gasteiger partial charge < -0.3 is 10.0 Å². The van der Waals surface area contributed by atoms with Crippen LogP contribution in [0.4, 0.5) is 5.69 Å². The van der Waals surface area contributed by atoms with Crippen LogP contribution in [0.25, 0.3) is 0 Å². The van der Waals surface area contributed by atoms with E-state index in [2.05, 4.69) is 12.6 Å². The summed E-state index contributed by atoms with van der Waals surface area (Å²) in [5, 5.41) is 18.5. The minimum atomic E-state index is -0.546. The Morgan fingerprint density at radius 1 is 1.62 bits per heavy atom. The predicted molar refractivity (Wildman–Crippen MR) is 65.3 cm³/mol. The smallest absolute Gasteiger partial charge is 0.0992 e. The molecule has 0 spiro atoms. The summed E-state index contributed by atoms with van der Waals surface area (Å²) in [6.07, 6.45) is 1.24. The van der Waals surface area contributed by atoms with Crippen LogP contribution in [-0.2, 0) is 0 Å². The molecule has 1 aromatic carbocycles. The van der Waals surface area contributed by atoms with Gasteiger partial charge in [-0.2, -0.15) is 5.26 Å². The van der Waals surface area contributed by atoms with Crippen LogP contribution in [0.15, 0.2) is 30.9 Å². The molecule has 0 aliphatic heterocycles. The molecule has 1 unspecified atom stereocenters. The van der Waals surface area contributed by atoms with Gasteiger partial charge in [0.15, 0.2) is 0 Å². The number of benzene rings is 1. The van der Waals surface area contributed by atoms with Gasteiger partial charge in [0.05, 0.1) is 17.7 Å². The van der Waals surface area contributed by atoms with Gasteiger partial charge in [-0.3, -0.25) is 0 Å². The summed E-state index contributed by atoms with van der Waals surface area (Å²) in [6.45, 7) is 6.06. The van der Waals surface area contributed by atoms with Gasteiger partial charge in [-0.25, -0.2) is 0 Å². The number of hydrogen-bond donors (Lipinski definition) is 1. The zero-order valence-electron chi connectivity index (χ0n) is 9.64. The van der Waals surface area contributed by atoms with Gasteiger partial charge >= 0.3 is 0 Å². The minimum Gasteiger partial charge on any atom is -0.389 e. The quantitative estimate of drug-likeness (QED) is 0.785. The molecule has 0 fully saturated rings. The Hall–Kier alpha value is -1.79. The summed E-state index contributed by atoms with van der Waals surface area (Å²) in [5.74, 6) is 0. The third-order valence-electron chi connectivity index (χ3n) is 2.42. The number of rotatable bonds is 4. The van der Waals surface area contributed by atoms with E-state index in [4.69, 9.17) is 5.26 Å². The van der Waals surface area contributed by atoms with Crippen molar-refractivity contribution in [2.24, 2.45) is 0 Å². The summed E-state index contributed by atoms with van der Waals surface area (Å²) < 4.78 is 0. The van der Waals surface area contributed by atoms with E-state index in [0.717, 1.165) is 11.3 Å². The molecule has 1 atom stereocenters. The number of nitrogens with zero attached hydrogens (tertiary/aromatic N) is 2. The molecule has 0 aliphatic carbocycles. The van der Waals surface area contributed by atoms with Crippen molar-refractivity contribution < 1.29 is 5.11 Å². The van der Waals surface area contributed by atoms with E-state index in [0.29, 0.717) is 12.1 Å². The number of aliphatic hydroxyl groups is 1. The first kappa shape index (κ1) is 12.3. The van der Waals surface area contributed by atoms with E-state index < -0.39 is 6.10 Å². The van der Waals surface area contributed by atoms with Gasteiger partial charge in [0.2, 0.25) is 0 Å². The van der Waals surface area contributed by atoms with Crippen molar-refractivity contribution in [1.29, 1.82) is 5.26 Å². The Kier molecular flexibility index (Phi) is 4.10. The molecule has 0 heterocycles. The van der Waals surface area contributed by atoms with Gasteiger partial charge in [0, 0.05) is 24.8 Å². The normalized spacial score (nSPS) is 11.6. The molecule has 1 N–H and O–H groups in total. The molecule has 84 valence electrons. The molecule has 0 radical (unpaired) electrons. The second-order valence-electron chi connectivity index (χ2n) is 3.73. The molecule has 0 bridgehead atoms. The molecule has 0 saturated heterocycles. The Bertz CT molecular complexity index is 418. The highest BCUT2D eigenvalue weighted by molar-refractivity contribution is 5.58. The number of hydrogen-bond acceptors (Lipinski definition) is 3. The maximum atomic E-state index is 9.65. The van der Waals surface area contributed by atoms with Crippen LogP contribution in [0.2, 0.25) is 0 Å². The molecule has 3 heteroatoms. The molecule has 16 heavy (non-hydrogen) atoms. The van der Waals surface area contributed by atoms with Crippen LogP contribution >= 0.6 is 0 Å². The van der Waals surface area contributed by atoms with Crippen LogP contribution in [0.5, 0.6) is 0 Å². The highest BCUT2D eigenvalue weighted by atomic mass is 16.3. The SMILES string of the molecule is C=CCN(C)c1cc(C#N)ccc1C(C)O. The van der Waals surface area contributed by atoms with Gasteiger partial charge in [-0.15, -0.1) is 6.58 Å². The van der Waals surface area contributed by atoms with Crippen molar-refractivity contribution in [1.82, 2.24) is 0 Å². The maximum absolute atomic E-state index is 9.65. The van der Waals surface area contributed by atoms with E-state index in [1.54, 1.807) is 31.2 Å². The van der Waals surface area contributed by atoms with E-state index in [1.165, 1.54) is 0 Å². The molecule has 3 nitrogen and oxygen atoms in total. The van der Waals surface area contributed by atoms with Crippen LogP contribution < -0.4 is 4.90 Å². The number of aliphatic hydroxyl groups excluding tert-OH is 1. The number of anilines is 1. The van der Waals surface area contributed by atoms with Crippen LogP contribution in [0.1, 0.15) is 24.2 Å². The molecule has 1 aromatic rings. The molecule has 0 saturated carbocycles. The Morgan fingerprint density at radius 2 is 2.31 bits per heavy atom. The maximum Gasteiger partial charge on any atom is 0.0992 e. The third kappa shape index (κ3) is 2.62. The highest BCUT2D eigenvalue weighted by Gasteiger charge is 2.11. The second kappa shape index (κ2) is 5.34. The first-order chi connectivity index (χ1) is 7.60. The number of likely N-dealkylation sites (N-methyl/N-ethyl adjacent to an activating group) is 1. The largest absolute Gasteiger partial charge is 0.389 e. The van der Waals surface area contributed by atoms with Gasteiger partial charge in [-0.1, -0.05) is 12.1 Å². The van der Waals surface area contributed by atoms with Crippen molar-refractivity contribution in [2.75, 3.05) is 18.5 Å². The molecule has 0 aromatic heterocycles. The van der Waals surface area contributed by atoms with Crippen molar-refractivity contribution in [3.8, 4) is 6.07 Å². The highest BCUT2D eigenvalue weighted by Crippen LogP contribution is 2.26. The lowest BCUT2D eigenvalue weighted by atomic mass is 10.0. The fourth-order valence-corrected chi connectivity index (χ4v) is 1.59. The van der Waals surface area contributed by atoms with E-state index >= 15 is 0 Å². The van der Waals surface area contributed by atoms with Crippen LogP contribution in [0, 0.1) is 11.3 Å². The van der Waals surface area contributed by atoms with Crippen molar-refractivity contribution in [2.45, 2.75) is 13.0 Å². The van der Waals surface area contributed by atoms with Crippen molar-refractivity contribution >= 4 is 5.69 Å². The standard InChI is InChI=1S/C13H16N2O/c1-4-7-15(3)13-8-11(9-14)5-6-12(13)10(2)16/h4-6,8,10,16H,1,7H2,2-3H3. The molecule has 0 amide bonds. The summed E-state index contributed by atoms with van der Waals surface area (Å²) >= 11 is 0. The topological polar surface area (TPSA) is 47.3 Å². The summed E-state index contributed by atoms with van der Waals surface area (Å²) in [6, 6.07) is 7.39. The lowest BCUT2D eigenvalue weighted by Gasteiger charge is -2.22. The summed E-state index contributed by atoms with van der Waals surface area (Å²) in [7, 11) is 1.91. The van der Waals surface area contributed by atoms with Gasteiger partial charge in [0.25, 0.3) is 0 Å². The Balaban J connectivity index is 3.20. The second-order valence-corrected chi connectivity index (χ2v) is 3.73. The average Bonchev–Trinajstić information content (AvgIpc) is 2.28. The van der Waals surface area contributed by atoms with Crippen molar-refractivity contribution in [3.63, 3.8) is 0 Å². The van der Waals surface area contributed by atoms with Crippen LogP contribution in [-0.4, -0.2) is 18.7 Å². The Labute approximate surface area is 96.2 Å². The zero-order chi connectivity index (χ0) is 12.1. The van der Waals surface area contributed by atoms with E-state index in [-0.39, 0.29) is 0 Å². The van der Waals surface area contributed by atoms with Crippen LogP contribution in [0.3, 0.4) is 0 Å². The zero-order valence-corrected chi connectivity index (χ0v) is 9.64. The summed E-state index contributed by atoms with van der Waals surface area (Å²) in [5.41, 5.74) is 2.28. The first-order valence-corrected chi connectivity index (χ1v) is 5.14. The van der Waals surface area contributed by atoms with Gasteiger partial charge in [0.1, 0.15) is 0 Å².